The van der Waals surface area contributed by atoms with Gasteiger partial charge < -0.3 is 15.2 Å². The minimum Gasteiger partial charge on any atom is -0.381 e. The molecule has 2 aliphatic heterocycles. The lowest BCUT2D eigenvalue weighted by Crippen LogP contribution is -2.50. The maximum Gasteiger partial charge on any atom is 0.0599 e. The van der Waals surface area contributed by atoms with E-state index in [9.17, 15) is 0 Å². The molecule has 0 saturated carbocycles. The fraction of sp³-hybridized carbons (Fsp3) is 1.00. The number of nitrogens with zero attached hydrogens (tertiary/aromatic N) is 1. The summed E-state index contributed by atoms with van der Waals surface area (Å²) in [4.78, 5) is 2.55. The summed E-state index contributed by atoms with van der Waals surface area (Å²) in [6.45, 7) is 4.90. The molecule has 4 nitrogen and oxygen atoms in total. The summed E-state index contributed by atoms with van der Waals surface area (Å²) in [6, 6.07) is 0.496. The Bertz CT molecular complexity index is 219. The van der Waals surface area contributed by atoms with Gasteiger partial charge in [0.05, 0.1) is 12.7 Å². The van der Waals surface area contributed by atoms with Crippen molar-refractivity contribution < 1.29 is 9.47 Å². The second-order valence-electron chi connectivity index (χ2n) is 5.35. The molecule has 2 saturated heterocycles. The van der Waals surface area contributed by atoms with Gasteiger partial charge in [-0.25, -0.2) is 0 Å². The topological polar surface area (TPSA) is 47.7 Å². The van der Waals surface area contributed by atoms with Crippen molar-refractivity contribution in [2.24, 2.45) is 11.7 Å². The molecular weight excluding hydrogens is 216 g/mol. The quantitative estimate of drug-likeness (QED) is 0.794. The molecule has 2 N–H and O–H groups in total. The van der Waals surface area contributed by atoms with Gasteiger partial charge in [0, 0.05) is 39.4 Å². The van der Waals surface area contributed by atoms with E-state index in [0.29, 0.717) is 18.1 Å². The molecule has 0 bridgehead atoms. The standard InChI is InChI=1S/C13H26N2O2/c1-16-13-4-5-15(12(7-13)8-14)9-11-3-2-6-17-10-11/h11-13H,2-10,14H2,1H3. The molecule has 0 radical (unpaired) electrons. The van der Waals surface area contributed by atoms with E-state index in [0.717, 1.165) is 45.7 Å². The average molecular weight is 242 g/mol. The molecule has 2 aliphatic rings. The van der Waals surface area contributed by atoms with E-state index in [4.69, 9.17) is 15.2 Å². The van der Waals surface area contributed by atoms with Crippen LogP contribution in [0.2, 0.25) is 0 Å². The number of rotatable bonds is 4. The van der Waals surface area contributed by atoms with E-state index in [1.54, 1.807) is 0 Å². The Kier molecular flexibility index (Phi) is 5.22. The number of nitrogens with two attached hydrogens (primary N) is 1. The van der Waals surface area contributed by atoms with Crippen LogP contribution in [-0.4, -0.2) is 57.0 Å². The first-order valence-corrected chi connectivity index (χ1v) is 6.88. The molecule has 17 heavy (non-hydrogen) atoms. The van der Waals surface area contributed by atoms with Crippen LogP contribution >= 0.6 is 0 Å². The van der Waals surface area contributed by atoms with Crippen LogP contribution in [0.1, 0.15) is 25.7 Å². The van der Waals surface area contributed by atoms with E-state index in [2.05, 4.69) is 4.90 Å². The predicted octanol–water partition coefficient (Wildman–Crippen LogP) is 0.851. The van der Waals surface area contributed by atoms with Crippen molar-refractivity contribution in [2.45, 2.75) is 37.8 Å². The van der Waals surface area contributed by atoms with Crippen LogP contribution in [0, 0.1) is 5.92 Å². The molecule has 2 rings (SSSR count). The van der Waals surface area contributed by atoms with Crippen molar-refractivity contribution >= 4 is 0 Å². The van der Waals surface area contributed by atoms with Crippen molar-refractivity contribution in [1.82, 2.24) is 4.90 Å². The molecule has 100 valence electrons. The summed E-state index contributed by atoms with van der Waals surface area (Å²) in [5.74, 6) is 0.705. The first-order chi connectivity index (χ1) is 8.33. The maximum atomic E-state index is 5.89. The minimum atomic E-state index is 0.405. The molecule has 0 amide bonds. The fourth-order valence-corrected chi connectivity index (χ4v) is 3.05. The van der Waals surface area contributed by atoms with Gasteiger partial charge in [-0.15, -0.1) is 0 Å². The van der Waals surface area contributed by atoms with E-state index in [1.807, 2.05) is 7.11 Å². The first-order valence-electron chi connectivity index (χ1n) is 6.88. The third-order valence-corrected chi connectivity index (χ3v) is 4.14. The Labute approximate surface area is 104 Å². The number of methoxy groups -OCH3 is 1. The van der Waals surface area contributed by atoms with Crippen LogP contribution in [0.25, 0.3) is 0 Å². The molecule has 3 unspecified atom stereocenters. The summed E-state index contributed by atoms with van der Waals surface area (Å²) < 4.78 is 11.0. The third kappa shape index (κ3) is 3.65. The number of piperidine rings is 1. The van der Waals surface area contributed by atoms with Crippen molar-refractivity contribution in [3.8, 4) is 0 Å². The van der Waals surface area contributed by atoms with E-state index in [1.165, 1.54) is 12.8 Å². The molecule has 2 fully saturated rings. The normalized spacial score (nSPS) is 36.0. The van der Waals surface area contributed by atoms with Gasteiger partial charge >= 0.3 is 0 Å². The summed E-state index contributed by atoms with van der Waals surface area (Å²) in [6.07, 6.45) is 5.15. The van der Waals surface area contributed by atoms with Gasteiger partial charge in [0.1, 0.15) is 0 Å². The minimum absolute atomic E-state index is 0.405. The van der Waals surface area contributed by atoms with Crippen molar-refractivity contribution in [3.63, 3.8) is 0 Å². The van der Waals surface area contributed by atoms with Gasteiger partial charge in [-0.2, -0.15) is 0 Å². The monoisotopic (exact) mass is 242 g/mol. The number of ether oxygens (including phenoxy) is 2. The molecule has 0 aromatic carbocycles. The first kappa shape index (κ1) is 13.3. The van der Waals surface area contributed by atoms with E-state index in [-0.39, 0.29) is 0 Å². The van der Waals surface area contributed by atoms with Gasteiger partial charge in [0.15, 0.2) is 0 Å². The van der Waals surface area contributed by atoms with Crippen molar-refractivity contribution in [2.75, 3.05) is 40.0 Å². The Morgan fingerprint density at radius 3 is 2.94 bits per heavy atom. The molecule has 0 aliphatic carbocycles. The summed E-state index contributed by atoms with van der Waals surface area (Å²) in [7, 11) is 1.81. The van der Waals surface area contributed by atoms with Gasteiger partial charge in [0.25, 0.3) is 0 Å². The zero-order valence-electron chi connectivity index (χ0n) is 10.9. The van der Waals surface area contributed by atoms with Crippen LogP contribution in [0.5, 0.6) is 0 Å². The lowest BCUT2D eigenvalue weighted by Gasteiger charge is -2.40. The maximum absolute atomic E-state index is 5.89. The SMILES string of the molecule is COC1CCN(CC2CCCOC2)C(CN)C1. The lowest BCUT2D eigenvalue weighted by molar-refractivity contribution is -0.0113. The second kappa shape index (κ2) is 6.69. The van der Waals surface area contributed by atoms with Crippen molar-refractivity contribution in [3.05, 3.63) is 0 Å². The number of hydrogen-bond acceptors (Lipinski definition) is 4. The highest BCUT2D eigenvalue weighted by atomic mass is 16.5. The van der Waals surface area contributed by atoms with Crippen LogP contribution in [0.3, 0.4) is 0 Å². The van der Waals surface area contributed by atoms with Gasteiger partial charge in [-0.3, -0.25) is 4.90 Å². The van der Waals surface area contributed by atoms with Gasteiger partial charge in [-0.1, -0.05) is 0 Å². The molecule has 2 heterocycles. The largest absolute Gasteiger partial charge is 0.381 e. The molecule has 0 aromatic rings. The Morgan fingerprint density at radius 1 is 1.41 bits per heavy atom. The molecule has 0 spiro atoms. The lowest BCUT2D eigenvalue weighted by atomic mass is 9.95. The summed E-state index contributed by atoms with van der Waals surface area (Å²) in [5.41, 5.74) is 5.89. The summed E-state index contributed by atoms with van der Waals surface area (Å²) >= 11 is 0. The highest BCUT2D eigenvalue weighted by Gasteiger charge is 2.29. The summed E-state index contributed by atoms with van der Waals surface area (Å²) in [5, 5.41) is 0. The highest BCUT2D eigenvalue weighted by molar-refractivity contribution is 4.84. The number of likely N-dealkylation sites (tertiary alicyclic amines) is 1. The Balaban J connectivity index is 1.82. The van der Waals surface area contributed by atoms with Gasteiger partial charge in [-0.05, 0) is 31.6 Å². The van der Waals surface area contributed by atoms with Crippen LogP contribution in [0.4, 0.5) is 0 Å². The van der Waals surface area contributed by atoms with Crippen LogP contribution in [0.15, 0.2) is 0 Å². The molecule has 0 aromatic heterocycles. The molecule has 3 atom stereocenters. The second-order valence-corrected chi connectivity index (χ2v) is 5.35. The van der Waals surface area contributed by atoms with Crippen LogP contribution < -0.4 is 5.73 Å². The fourth-order valence-electron chi connectivity index (χ4n) is 3.05. The number of hydrogen-bond donors (Lipinski definition) is 1. The van der Waals surface area contributed by atoms with Crippen LogP contribution in [-0.2, 0) is 9.47 Å². The zero-order chi connectivity index (χ0) is 12.1. The van der Waals surface area contributed by atoms with Crippen molar-refractivity contribution in [1.29, 1.82) is 0 Å². The molecular formula is C13H26N2O2. The van der Waals surface area contributed by atoms with Gasteiger partial charge in [0.2, 0.25) is 0 Å². The average Bonchev–Trinajstić information content (AvgIpc) is 2.40. The van der Waals surface area contributed by atoms with E-state index < -0.39 is 0 Å². The smallest absolute Gasteiger partial charge is 0.0599 e. The van der Waals surface area contributed by atoms with E-state index >= 15 is 0 Å². The highest BCUT2D eigenvalue weighted by Crippen LogP contribution is 2.22. The predicted molar refractivity (Wildman–Crippen MR) is 68.0 cm³/mol. The Hall–Kier alpha value is -0.160. The zero-order valence-corrected chi connectivity index (χ0v) is 10.9. The molecule has 4 heteroatoms. The Morgan fingerprint density at radius 2 is 2.29 bits per heavy atom. The third-order valence-electron chi connectivity index (χ3n) is 4.14.